The Hall–Kier alpha value is -2.98. The number of aromatic nitrogens is 2. The summed E-state index contributed by atoms with van der Waals surface area (Å²) in [4.78, 5) is 25.1. The lowest BCUT2D eigenvalue weighted by atomic mass is 9.71. The summed E-state index contributed by atoms with van der Waals surface area (Å²) >= 11 is 0. The van der Waals surface area contributed by atoms with Gasteiger partial charge in [0.05, 0.1) is 25.2 Å². The molecule has 46 heavy (non-hydrogen) atoms. The number of hydrogen-bond donors (Lipinski definition) is 1. The van der Waals surface area contributed by atoms with Gasteiger partial charge in [-0.3, -0.25) is 14.7 Å². The molecule has 2 aromatic heterocycles. The van der Waals surface area contributed by atoms with E-state index in [0.717, 1.165) is 65.2 Å². The van der Waals surface area contributed by atoms with Crippen LogP contribution in [0.1, 0.15) is 50.5 Å². The van der Waals surface area contributed by atoms with E-state index in [1.165, 1.54) is 90.8 Å². The number of pyridine rings is 2. The van der Waals surface area contributed by atoms with E-state index in [0.29, 0.717) is 10.8 Å². The number of nitrogens with one attached hydrogen (secondary N) is 1. The molecule has 9 nitrogen and oxygen atoms in total. The second kappa shape index (κ2) is 13.6. The molecular weight excluding hydrogens is 576 g/mol. The van der Waals surface area contributed by atoms with Gasteiger partial charge in [0.2, 0.25) is 0 Å². The molecule has 0 amide bonds. The van der Waals surface area contributed by atoms with E-state index in [2.05, 4.69) is 37.1 Å². The van der Waals surface area contributed by atoms with Gasteiger partial charge in [-0.2, -0.15) is 0 Å². The van der Waals surface area contributed by atoms with Crippen LogP contribution in [0.2, 0.25) is 0 Å². The molecule has 6 heterocycles. The molecule has 4 aliphatic heterocycles. The third-order valence-corrected chi connectivity index (χ3v) is 11.8. The lowest BCUT2D eigenvalue weighted by Crippen LogP contribution is -2.52. The maximum atomic E-state index is 12.8. The highest BCUT2D eigenvalue weighted by atomic mass is 16.5. The van der Waals surface area contributed by atoms with Gasteiger partial charge in [-0.1, -0.05) is 0 Å². The van der Waals surface area contributed by atoms with Crippen LogP contribution in [0, 0.1) is 11.3 Å². The molecule has 0 radical (unpaired) electrons. The van der Waals surface area contributed by atoms with E-state index in [1.807, 2.05) is 12.3 Å². The number of nitrogens with zero attached hydrogens (tertiary/aromatic N) is 5. The van der Waals surface area contributed by atoms with E-state index in [9.17, 15) is 4.79 Å². The smallest absolute Gasteiger partial charge is 0.259 e. The van der Waals surface area contributed by atoms with Crippen molar-refractivity contribution in [2.75, 3.05) is 73.1 Å². The number of hydrogen-bond acceptors (Lipinski definition) is 8. The Bertz CT molecular complexity index is 1530. The Kier molecular flexibility index (Phi) is 9.37. The van der Waals surface area contributed by atoms with Crippen molar-refractivity contribution >= 4 is 10.8 Å². The van der Waals surface area contributed by atoms with Gasteiger partial charge in [-0.25, -0.2) is 0 Å². The maximum absolute atomic E-state index is 12.8. The molecule has 7 rings (SSSR count). The summed E-state index contributed by atoms with van der Waals surface area (Å²) in [6, 6.07) is 6.88. The number of methoxy groups -OCH3 is 2. The number of fused-ring (bicyclic) bond motifs is 1. The Labute approximate surface area is 273 Å². The molecule has 0 saturated carbocycles. The summed E-state index contributed by atoms with van der Waals surface area (Å²) < 4.78 is 13.6. The monoisotopic (exact) mass is 628 g/mol. The molecule has 1 atom stereocenters. The van der Waals surface area contributed by atoms with E-state index in [-0.39, 0.29) is 5.56 Å². The molecule has 1 aromatic carbocycles. The molecule has 9 heteroatoms. The summed E-state index contributed by atoms with van der Waals surface area (Å²) in [5, 5.41) is 5.02. The first-order chi connectivity index (χ1) is 22.4. The van der Waals surface area contributed by atoms with Crippen molar-refractivity contribution < 1.29 is 9.47 Å². The quantitative estimate of drug-likeness (QED) is 0.395. The number of likely N-dealkylation sites (tertiary alicyclic amines) is 3. The fourth-order valence-electron chi connectivity index (χ4n) is 8.81. The Morgan fingerprint density at radius 1 is 0.913 bits per heavy atom. The minimum atomic E-state index is -0.0517. The van der Waals surface area contributed by atoms with Gasteiger partial charge in [0, 0.05) is 50.3 Å². The second-order valence-electron chi connectivity index (χ2n) is 14.4. The third kappa shape index (κ3) is 6.44. The molecule has 3 aromatic rings. The van der Waals surface area contributed by atoms with Crippen molar-refractivity contribution in [3.8, 4) is 22.6 Å². The average Bonchev–Trinajstić information content (AvgIpc) is 3.61. The zero-order valence-electron chi connectivity index (χ0n) is 28.1. The van der Waals surface area contributed by atoms with Gasteiger partial charge in [-0.05, 0) is 138 Å². The molecule has 0 aliphatic carbocycles. The number of aryl methyl sites for hydroxylation is 1. The fraction of sp³-hybridized carbons (Fsp3) is 0.622. The standard InChI is InChI=1S/C37H52N6O3/c1-40-25-32(30-5-13-39-23-31(30)36(40)44)28-20-34(45-2)33(35(21-28)46-3)26-42-16-8-37(9-17-42)10-18-43(19-11-37)29-6-14-41(15-7-29)24-27-4-12-38-22-27/h5,13,20-21,23,25,27,29,38H,4,6-12,14-19,22,24,26H2,1-3H3. The topological polar surface area (TPSA) is 75.1 Å². The Morgan fingerprint density at radius 3 is 2.26 bits per heavy atom. The number of rotatable bonds is 8. The lowest BCUT2D eigenvalue weighted by Gasteiger charge is -2.49. The van der Waals surface area contributed by atoms with Crippen molar-refractivity contribution in [3.05, 3.63) is 52.7 Å². The van der Waals surface area contributed by atoms with Crippen molar-refractivity contribution in [1.82, 2.24) is 29.6 Å². The van der Waals surface area contributed by atoms with Crippen LogP contribution in [0.3, 0.4) is 0 Å². The van der Waals surface area contributed by atoms with Gasteiger partial charge < -0.3 is 29.2 Å². The summed E-state index contributed by atoms with van der Waals surface area (Å²) in [6.45, 7) is 11.9. The van der Waals surface area contributed by atoms with Crippen LogP contribution in [-0.4, -0.2) is 103 Å². The largest absolute Gasteiger partial charge is 0.496 e. The van der Waals surface area contributed by atoms with Crippen molar-refractivity contribution in [3.63, 3.8) is 0 Å². The first-order valence-corrected chi connectivity index (χ1v) is 17.5. The molecule has 4 aliphatic rings. The van der Waals surface area contributed by atoms with E-state index >= 15 is 0 Å². The molecule has 4 saturated heterocycles. The molecule has 4 fully saturated rings. The maximum Gasteiger partial charge on any atom is 0.259 e. The predicted molar refractivity (Wildman–Crippen MR) is 184 cm³/mol. The number of piperidine rings is 3. The van der Waals surface area contributed by atoms with Crippen LogP contribution in [-0.2, 0) is 13.6 Å². The van der Waals surface area contributed by atoms with Gasteiger partial charge in [0.25, 0.3) is 5.56 Å². The van der Waals surface area contributed by atoms with Crippen LogP contribution >= 0.6 is 0 Å². The highest BCUT2D eigenvalue weighted by Crippen LogP contribution is 2.44. The van der Waals surface area contributed by atoms with Gasteiger partial charge in [0.15, 0.2) is 0 Å². The van der Waals surface area contributed by atoms with Crippen LogP contribution in [0.5, 0.6) is 11.5 Å². The first-order valence-electron chi connectivity index (χ1n) is 17.5. The molecule has 1 unspecified atom stereocenters. The first kappa shape index (κ1) is 31.6. The Balaban J connectivity index is 0.967. The van der Waals surface area contributed by atoms with Gasteiger partial charge >= 0.3 is 0 Å². The SMILES string of the molecule is COc1cc(-c2cn(C)c(=O)c3cnccc23)cc(OC)c1CN1CCC2(CC1)CCN(C1CCN(CC3CCNC3)CC1)CC2. The van der Waals surface area contributed by atoms with Crippen LogP contribution < -0.4 is 20.3 Å². The lowest BCUT2D eigenvalue weighted by molar-refractivity contribution is 0.00437. The van der Waals surface area contributed by atoms with Gasteiger partial charge in [-0.15, -0.1) is 0 Å². The minimum absolute atomic E-state index is 0.0517. The van der Waals surface area contributed by atoms with Crippen LogP contribution in [0.15, 0.2) is 41.6 Å². The number of benzene rings is 1. The zero-order chi connectivity index (χ0) is 31.7. The zero-order valence-corrected chi connectivity index (χ0v) is 28.1. The van der Waals surface area contributed by atoms with Crippen molar-refractivity contribution in [1.29, 1.82) is 0 Å². The van der Waals surface area contributed by atoms with E-state index < -0.39 is 0 Å². The minimum Gasteiger partial charge on any atom is -0.496 e. The second-order valence-corrected chi connectivity index (χ2v) is 14.4. The summed E-state index contributed by atoms with van der Waals surface area (Å²) in [5.74, 6) is 2.51. The molecule has 1 spiro atoms. The average molecular weight is 629 g/mol. The molecule has 248 valence electrons. The predicted octanol–water partition coefficient (Wildman–Crippen LogP) is 4.37. The third-order valence-electron chi connectivity index (χ3n) is 11.8. The number of ether oxygens (including phenoxy) is 2. The van der Waals surface area contributed by atoms with Crippen LogP contribution in [0.25, 0.3) is 21.9 Å². The summed E-state index contributed by atoms with van der Waals surface area (Å²) in [7, 11) is 5.26. The molecular formula is C37H52N6O3. The molecule has 0 bridgehead atoms. The van der Waals surface area contributed by atoms with E-state index in [4.69, 9.17) is 9.47 Å². The van der Waals surface area contributed by atoms with E-state index in [1.54, 1.807) is 38.2 Å². The van der Waals surface area contributed by atoms with Crippen molar-refractivity contribution in [2.45, 2.75) is 57.5 Å². The summed E-state index contributed by atoms with van der Waals surface area (Å²) in [5.41, 5.74) is 3.46. The van der Waals surface area contributed by atoms with Crippen LogP contribution in [0.4, 0.5) is 0 Å². The highest BCUT2D eigenvalue weighted by Gasteiger charge is 2.39. The van der Waals surface area contributed by atoms with Crippen molar-refractivity contribution in [2.24, 2.45) is 18.4 Å². The van der Waals surface area contributed by atoms with Gasteiger partial charge in [0.1, 0.15) is 11.5 Å². The highest BCUT2D eigenvalue weighted by molar-refractivity contribution is 5.95. The Morgan fingerprint density at radius 2 is 1.61 bits per heavy atom. The fourth-order valence-corrected chi connectivity index (χ4v) is 8.81. The normalized spacial score (nSPS) is 23.3. The molecule has 1 N–H and O–H groups in total. The summed E-state index contributed by atoms with van der Waals surface area (Å²) in [6.07, 6.45) is 14.6.